The Balaban J connectivity index is 1.30. The van der Waals surface area contributed by atoms with Gasteiger partial charge in [0.2, 0.25) is 5.88 Å². The zero-order valence-corrected chi connectivity index (χ0v) is 15.8. The Labute approximate surface area is 167 Å². The van der Waals surface area contributed by atoms with Crippen LogP contribution in [0, 0.1) is 5.82 Å². The maximum absolute atomic E-state index is 13.2. The molecule has 1 unspecified atom stereocenters. The van der Waals surface area contributed by atoms with Gasteiger partial charge in [-0.3, -0.25) is 9.48 Å². The van der Waals surface area contributed by atoms with E-state index in [0.717, 1.165) is 31.5 Å². The van der Waals surface area contributed by atoms with Gasteiger partial charge in [0.05, 0.1) is 6.04 Å². The number of piperidine rings is 1. The van der Waals surface area contributed by atoms with Crippen LogP contribution in [0.25, 0.3) is 0 Å². The number of ether oxygens (including phenoxy) is 1. The van der Waals surface area contributed by atoms with Crippen molar-refractivity contribution in [2.75, 3.05) is 13.1 Å². The van der Waals surface area contributed by atoms with Crippen molar-refractivity contribution in [3.63, 3.8) is 0 Å². The molecule has 1 saturated heterocycles. The van der Waals surface area contributed by atoms with Crippen LogP contribution < -0.4 is 15.4 Å². The van der Waals surface area contributed by atoms with Crippen LogP contribution in [-0.4, -0.2) is 33.8 Å². The van der Waals surface area contributed by atoms with Crippen LogP contribution in [0.3, 0.4) is 0 Å². The van der Waals surface area contributed by atoms with Gasteiger partial charge in [-0.15, -0.1) is 0 Å². The lowest BCUT2D eigenvalue weighted by molar-refractivity contribution is 0.0944. The Hall–Kier alpha value is -3.26. The van der Waals surface area contributed by atoms with Gasteiger partial charge in [0.1, 0.15) is 17.3 Å². The van der Waals surface area contributed by atoms with Gasteiger partial charge < -0.3 is 15.4 Å². The van der Waals surface area contributed by atoms with E-state index in [9.17, 15) is 9.18 Å². The SMILES string of the molecule is O=C(NCc1ccc(Oc2cccc(F)c2)nc1)c1ccn(C2CCCNC2)n1. The highest BCUT2D eigenvalue weighted by atomic mass is 19.1. The topological polar surface area (TPSA) is 81.1 Å². The second kappa shape index (κ2) is 8.83. The normalized spacial score (nSPS) is 16.4. The maximum atomic E-state index is 13.2. The number of nitrogens with zero attached hydrogens (tertiary/aromatic N) is 3. The van der Waals surface area contributed by atoms with Crippen molar-refractivity contribution < 1.29 is 13.9 Å². The Kier molecular flexibility index (Phi) is 5.81. The van der Waals surface area contributed by atoms with E-state index in [1.54, 1.807) is 36.5 Å². The van der Waals surface area contributed by atoms with E-state index < -0.39 is 0 Å². The van der Waals surface area contributed by atoms with Gasteiger partial charge in [0.25, 0.3) is 5.91 Å². The van der Waals surface area contributed by atoms with E-state index in [1.165, 1.54) is 12.1 Å². The molecule has 3 heterocycles. The minimum Gasteiger partial charge on any atom is -0.439 e. The summed E-state index contributed by atoms with van der Waals surface area (Å²) in [5, 5.41) is 10.6. The van der Waals surface area contributed by atoms with Gasteiger partial charge in [-0.25, -0.2) is 9.37 Å². The average molecular weight is 395 g/mol. The number of carbonyl (C=O) groups excluding carboxylic acids is 1. The standard InChI is InChI=1S/C21H22FN5O2/c22-16-3-1-5-18(11-16)29-20-7-6-15(12-24-20)13-25-21(28)19-8-10-27(26-19)17-4-2-9-23-14-17/h1,3,5-8,10-12,17,23H,2,4,9,13-14H2,(H,25,28). The molecule has 2 N–H and O–H groups in total. The summed E-state index contributed by atoms with van der Waals surface area (Å²) in [5.74, 6) is 0.129. The van der Waals surface area contributed by atoms with Gasteiger partial charge in [0.15, 0.2) is 0 Å². The molecule has 1 fully saturated rings. The molecule has 29 heavy (non-hydrogen) atoms. The van der Waals surface area contributed by atoms with Crippen LogP contribution in [0.1, 0.15) is 34.9 Å². The predicted octanol–water partition coefficient (Wildman–Crippen LogP) is 3.06. The van der Waals surface area contributed by atoms with E-state index in [-0.39, 0.29) is 11.7 Å². The molecule has 0 radical (unpaired) electrons. The number of rotatable bonds is 6. The smallest absolute Gasteiger partial charge is 0.272 e. The number of hydrogen-bond acceptors (Lipinski definition) is 5. The lowest BCUT2D eigenvalue weighted by atomic mass is 10.1. The molecule has 1 amide bonds. The maximum Gasteiger partial charge on any atom is 0.272 e. The second-order valence-corrected chi connectivity index (χ2v) is 6.93. The number of carbonyl (C=O) groups is 1. The molecule has 0 bridgehead atoms. The lowest BCUT2D eigenvalue weighted by Gasteiger charge is -2.22. The molecule has 2 aromatic heterocycles. The third-order valence-corrected chi connectivity index (χ3v) is 4.76. The number of aromatic nitrogens is 3. The molecule has 0 saturated carbocycles. The van der Waals surface area contributed by atoms with Gasteiger partial charge in [-0.1, -0.05) is 12.1 Å². The number of nitrogens with one attached hydrogen (secondary N) is 2. The van der Waals surface area contributed by atoms with Crippen molar-refractivity contribution in [2.24, 2.45) is 0 Å². The summed E-state index contributed by atoms with van der Waals surface area (Å²) in [6.45, 7) is 2.23. The summed E-state index contributed by atoms with van der Waals surface area (Å²) >= 11 is 0. The quantitative estimate of drug-likeness (QED) is 0.671. The van der Waals surface area contributed by atoms with Gasteiger partial charge in [-0.2, -0.15) is 5.10 Å². The van der Waals surface area contributed by atoms with Gasteiger partial charge >= 0.3 is 0 Å². The molecule has 8 heteroatoms. The highest BCUT2D eigenvalue weighted by molar-refractivity contribution is 5.92. The van der Waals surface area contributed by atoms with Crippen molar-refractivity contribution in [3.8, 4) is 11.6 Å². The Morgan fingerprint density at radius 3 is 3.00 bits per heavy atom. The summed E-state index contributed by atoms with van der Waals surface area (Å²) in [4.78, 5) is 16.6. The fourth-order valence-corrected chi connectivity index (χ4v) is 3.22. The monoisotopic (exact) mass is 395 g/mol. The van der Waals surface area contributed by atoms with Crippen LogP contribution in [0.2, 0.25) is 0 Å². The summed E-state index contributed by atoms with van der Waals surface area (Å²) in [7, 11) is 0. The Morgan fingerprint density at radius 1 is 1.31 bits per heavy atom. The molecule has 1 aromatic carbocycles. The third-order valence-electron chi connectivity index (χ3n) is 4.76. The van der Waals surface area contributed by atoms with Crippen molar-refractivity contribution >= 4 is 5.91 Å². The number of amides is 1. The molecule has 0 aliphatic carbocycles. The molecule has 7 nitrogen and oxygen atoms in total. The van der Waals surface area contributed by atoms with Crippen molar-refractivity contribution in [1.29, 1.82) is 0 Å². The first kappa shape index (κ1) is 19.1. The number of benzene rings is 1. The van der Waals surface area contributed by atoms with E-state index >= 15 is 0 Å². The van der Waals surface area contributed by atoms with Crippen LogP contribution in [0.15, 0.2) is 54.9 Å². The number of hydrogen-bond donors (Lipinski definition) is 2. The largest absolute Gasteiger partial charge is 0.439 e. The minimum atomic E-state index is -0.371. The van der Waals surface area contributed by atoms with Crippen LogP contribution >= 0.6 is 0 Å². The molecule has 1 aliphatic rings. The first-order valence-electron chi connectivity index (χ1n) is 9.60. The van der Waals surface area contributed by atoms with E-state index in [1.807, 2.05) is 10.9 Å². The van der Waals surface area contributed by atoms with E-state index in [2.05, 4.69) is 20.7 Å². The molecule has 1 aliphatic heterocycles. The van der Waals surface area contributed by atoms with Gasteiger partial charge in [0, 0.05) is 37.6 Å². The van der Waals surface area contributed by atoms with Crippen LogP contribution in [-0.2, 0) is 6.54 Å². The molecule has 4 rings (SSSR count). The number of halogens is 1. The molecular formula is C21H22FN5O2. The minimum absolute atomic E-state index is 0.229. The van der Waals surface area contributed by atoms with Crippen molar-refractivity contribution in [1.82, 2.24) is 25.4 Å². The van der Waals surface area contributed by atoms with Crippen LogP contribution in [0.4, 0.5) is 4.39 Å². The first-order valence-corrected chi connectivity index (χ1v) is 9.60. The van der Waals surface area contributed by atoms with Crippen molar-refractivity contribution in [3.05, 3.63) is 71.9 Å². The van der Waals surface area contributed by atoms with E-state index in [0.29, 0.717) is 29.9 Å². The lowest BCUT2D eigenvalue weighted by Crippen LogP contribution is -2.32. The molecular weight excluding hydrogens is 373 g/mol. The summed E-state index contributed by atoms with van der Waals surface area (Å²) in [5.41, 5.74) is 1.22. The predicted molar refractivity (Wildman–Crippen MR) is 105 cm³/mol. The molecule has 3 aromatic rings. The highest BCUT2D eigenvalue weighted by Crippen LogP contribution is 2.20. The van der Waals surface area contributed by atoms with Gasteiger partial charge in [-0.05, 0) is 43.1 Å². The number of pyridine rings is 1. The second-order valence-electron chi connectivity index (χ2n) is 6.93. The van der Waals surface area contributed by atoms with Crippen LogP contribution in [0.5, 0.6) is 11.6 Å². The molecule has 150 valence electrons. The molecule has 0 spiro atoms. The fraction of sp³-hybridized carbons (Fsp3) is 0.286. The fourth-order valence-electron chi connectivity index (χ4n) is 3.22. The van der Waals surface area contributed by atoms with E-state index in [4.69, 9.17) is 4.74 Å². The summed E-state index contributed by atoms with van der Waals surface area (Å²) in [6.07, 6.45) is 5.64. The zero-order chi connectivity index (χ0) is 20.1. The third kappa shape index (κ3) is 4.97. The Bertz CT molecular complexity index is 967. The Morgan fingerprint density at radius 2 is 2.24 bits per heavy atom. The molecule has 1 atom stereocenters. The summed E-state index contributed by atoms with van der Waals surface area (Å²) < 4.78 is 20.6. The highest BCUT2D eigenvalue weighted by Gasteiger charge is 2.17. The van der Waals surface area contributed by atoms with Crippen molar-refractivity contribution in [2.45, 2.75) is 25.4 Å². The first-order chi connectivity index (χ1) is 14.2. The average Bonchev–Trinajstić information content (AvgIpc) is 3.24. The zero-order valence-electron chi connectivity index (χ0n) is 15.8. The summed E-state index contributed by atoms with van der Waals surface area (Å²) in [6, 6.07) is 11.4.